The van der Waals surface area contributed by atoms with Crippen molar-refractivity contribution >= 4 is 47.4 Å². The second-order valence-electron chi connectivity index (χ2n) is 9.60. The van der Waals surface area contributed by atoms with Gasteiger partial charge in [-0.3, -0.25) is 19.8 Å². The number of Topliss-reactive ketones (excluding diaryl/α,β-unsaturated/α-hetero) is 1. The van der Waals surface area contributed by atoms with Crippen LogP contribution in [0.1, 0.15) is 39.9 Å². The van der Waals surface area contributed by atoms with Gasteiger partial charge in [0.1, 0.15) is 18.2 Å². The van der Waals surface area contributed by atoms with Gasteiger partial charge in [0.2, 0.25) is 5.78 Å². The second kappa shape index (κ2) is 20.2. The van der Waals surface area contributed by atoms with Crippen molar-refractivity contribution in [3.05, 3.63) is 64.7 Å². The summed E-state index contributed by atoms with van der Waals surface area (Å²) in [6.07, 6.45) is -10.9. The number of rotatable bonds is 14. The summed E-state index contributed by atoms with van der Waals surface area (Å²) in [5, 5.41) is 42.6. The van der Waals surface area contributed by atoms with Crippen LogP contribution in [0.15, 0.2) is 47.5 Å². The highest BCUT2D eigenvalue weighted by molar-refractivity contribution is 6.33. The van der Waals surface area contributed by atoms with Crippen molar-refractivity contribution in [3.63, 3.8) is 0 Å². The molecular weight excluding hydrogens is 710 g/mol. The number of amides is 1. The van der Waals surface area contributed by atoms with Crippen LogP contribution in [0, 0.1) is 5.41 Å². The summed E-state index contributed by atoms with van der Waals surface area (Å²) in [7, 11) is 0. The Kier molecular flexibility index (Phi) is 17.6. The van der Waals surface area contributed by atoms with Crippen molar-refractivity contribution in [2.75, 3.05) is 6.61 Å². The first kappa shape index (κ1) is 44.6. The van der Waals surface area contributed by atoms with Gasteiger partial charge in [0, 0.05) is 29.5 Å². The molecule has 0 aliphatic heterocycles. The number of nitrogens with zero attached hydrogens (tertiary/aromatic N) is 1. The third kappa shape index (κ3) is 18.6. The van der Waals surface area contributed by atoms with Gasteiger partial charge in [-0.1, -0.05) is 24.3 Å². The maximum Gasteiger partial charge on any atom is 0.490 e. The van der Waals surface area contributed by atoms with Crippen LogP contribution in [0.25, 0.3) is 0 Å². The van der Waals surface area contributed by atoms with Crippen LogP contribution in [-0.4, -0.2) is 92.8 Å². The molecule has 23 heteroatoms. The van der Waals surface area contributed by atoms with Crippen LogP contribution in [-0.2, 0) is 36.9 Å². The van der Waals surface area contributed by atoms with Crippen LogP contribution in [0.4, 0.5) is 26.3 Å². The number of carboxylic acid groups (broad SMARTS) is 4. The minimum Gasteiger partial charge on any atom is -0.491 e. The first-order valence-electron chi connectivity index (χ1n) is 13.5. The van der Waals surface area contributed by atoms with Crippen molar-refractivity contribution in [2.45, 2.75) is 44.2 Å². The minimum atomic E-state index is -5.08. The largest absolute Gasteiger partial charge is 0.491 e. The highest BCUT2D eigenvalue weighted by Gasteiger charge is 2.38. The van der Waals surface area contributed by atoms with E-state index >= 15 is 0 Å². The lowest BCUT2D eigenvalue weighted by Crippen LogP contribution is -2.39. The predicted octanol–water partition coefficient (Wildman–Crippen LogP) is 1.25. The number of carboxylic acids is 4. The fourth-order valence-electron chi connectivity index (χ4n) is 3.15. The Morgan fingerprint density at radius 2 is 1.31 bits per heavy atom. The molecule has 0 bridgehead atoms. The van der Waals surface area contributed by atoms with E-state index in [0.29, 0.717) is 5.56 Å². The molecule has 0 unspecified atom stereocenters. The highest BCUT2D eigenvalue weighted by atomic mass is 19.4. The number of aliphatic carboxylic acids is 4. The number of hydrogen-bond acceptors (Lipinski definition) is 9. The van der Waals surface area contributed by atoms with Gasteiger partial charge in [-0.05, 0) is 30.2 Å². The third-order valence-corrected chi connectivity index (χ3v) is 5.59. The summed E-state index contributed by atoms with van der Waals surface area (Å²) in [6, 6.07) is 9.95. The number of guanidine groups is 1. The molecule has 0 aromatic heterocycles. The molecule has 0 aliphatic rings. The Morgan fingerprint density at radius 1 is 0.824 bits per heavy atom. The molecule has 2 aromatic carbocycles. The summed E-state index contributed by atoms with van der Waals surface area (Å²) in [6.45, 7) is 0.0442. The lowest BCUT2D eigenvalue weighted by atomic mass is 10.0. The number of ketones is 1. The van der Waals surface area contributed by atoms with Crippen molar-refractivity contribution in [2.24, 2.45) is 22.2 Å². The number of amidine groups is 1. The number of nitrogens with two attached hydrogens (primary N) is 3. The van der Waals surface area contributed by atoms with E-state index in [1.54, 1.807) is 24.3 Å². The zero-order valence-electron chi connectivity index (χ0n) is 25.7. The average Bonchev–Trinajstić information content (AvgIpc) is 3.01. The van der Waals surface area contributed by atoms with Crippen LogP contribution >= 0.6 is 0 Å². The number of alkyl halides is 6. The molecule has 17 nitrogen and oxygen atoms in total. The molecular formula is C28H30F6N6O11. The molecule has 0 heterocycles. The van der Waals surface area contributed by atoms with Gasteiger partial charge in [-0.2, -0.15) is 26.3 Å². The fraction of sp³-hybridized carbons (Fsp3) is 0.286. The van der Waals surface area contributed by atoms with Crippen LogP contribution < -0.4 is 27.3 Å². The van der Waals surface area contributed by atoms with E-state index in [-0.39, 0.29) is 54.7 Å². The van der Waals surface area contributed by atoms with E-state index < -0.39 is 60.4 Å². The predicted molar refractivity (Wildman–Crippen MR) is 161 cm³/mol. The van der Waals surface area contributed by atoms with E-state index in [0.717, 1.165) is 5.56 Å². The quantitative estimate of drug-likeness (QED) is 0.0570. The maximum atomic E-state index is 12.8. The minimum absolute atomic E-state index is 0.0272. The lowest BCUT2D eigenvalue weighted by molar-refractivity contribution is -0.193. The molecule has 0 saturated heterocycles. The summed E-state index contributed by atoms with van der Waals surface area (Å²) >= 11 is 0. The zero-order chi connectivity index (χ0) is 39.7. The number of hydrogen-bond donors (Lipinski definition) is 9. The van der Waals surface area contributed by atoms with Gasteiger partial charge in [0.05, 0.1) is 12.6 Å². The molecule has 0 aliphatic carbocycles. The standard InChI is InChI=1S/C24H28N6O7.2C2HF3O2/c25-21(26)16-6-5-15(9-18(31)23(35)36)19(10-16)37-12-17(7-8-20(32)33)30-22(34)14-3-1-13(2-4-14)11-29-24(27)28;2*3-2(4,5)1(6)7/h1-6,10,17H,7-9,11-12H2,(H3,25,26)(H,30,34)(H,32,33)(H,35,36)(H4,27,28,29);2*(H,6,7)/t17-;;/m1../s1. The van der Waals surface area contributed by atoms with Gasteiger partial charge < -0.3 is 47.7 Å². The van der Waals surface area contributed by atoms with Gasteiger partial charge in [-0.15, -0.1) is 0 Å². The molecule has 2 aromatic rings. The Hall–Kier alpha value is -6.42. The van der Waals surface area contributed by atoms with E-state index in [4.69, 9.17) is 57.4 Å². The number of carbonyl (C=O) groups excluding carboxylic acids is 2. The average molecular weight is 741 g/mol. The smallest absolute Gasteiger partial charge is 0.490 e. The SMILES string of the molecule is N=C(N)c1ccc(CC(=O)C(=O)O)c(OC[C@@H](CCC(=O)O)NC(=O)c2ccc(CN=C(N)N)cc2)c1.O=C(O)C(F)(F)F.O=C(O)C(F)(F)F. The molecule has 0 fully saturated rings. The lowest BCUT2D eigenvalue weighted by Gasteiger charge is -2.20. The summed E-state index contributed by atoms with van der Waals surface area (Å²) in [4.78, 5) is 68.3. The van der Waals surface area contributed by atoms with Crippen molar-refractivity contribution in [1.29, 1.82) is 5.41 Å². The Balaban J connectivity index is 0.00000149. The first-order valence-corrected chi connectivity index (χ1v) is 13.5. The van der Waals surface area contributed by atoms with Crippen molar-refractivity contribution in [3.8, 4) is 5.75 Å². The van der Waals surface area contributed by atoms with Crippen LogP contribution in [0.5, 0.6) is 5.75 Å². The van der Waals surface area contributed by atoms with Crippen molar-refractivity contribution < 1.29 is 80.3 Å². The zero-order valence-corrected chi connectivity index (χ0v) is 25.7. The van der Waals surface area contributed by atoms with Gasteiger partial charge in [0.25, 0.3) is 5.91 Å². The topological polar surface area (TPSA) is 319 Å². The molecule has 51 heavy (non-hydrogen) atoms. The normalized spacial score (nSPS) is 11.2. The fourth-order valence-corrected chi connectivity index (χ4v) is 3.15. The third-order valence-electron chi connectivity index (χ3n) is 5.59. The number of nitrogens with one attached hydrogen (secondary N) is 2. The van der Waals surface area contributed by atoms with Crippen LogP contribution in [0.2, 0.25) is 0 Å². The summed E-state index contributed by atoms with van der Waals surface area (Å²) in [5.41, 5.74) is 17.7. The summed E-state index contributed by atoms with van der Waals surface area (Å²) < 4.78 is 69.2. The number of ether oxygens (including phenoxy) is 1. The molecule has 0 saturated carbocycles. The number of aliphatic imine (C=N–C) groups is 1. The Morgan fingerprint density at radius 3 is 1.73 bits per heavy atom. The van der Waals surface area contributed by atoms with E-state index in [2.05, 4.69) is 10.3 Å². The van der Waals surface area contributed by atoms with Crippen molar-refractivity contribution in [1.82, 2.24) is 5.32 Å². The van der Waals surface area contributed by atoms with E-state index in [1.165, 1.54) is 18.2 Å². The molecule has 0 radical (unpaired) electrons. The molecule has 12 N–H and O–H groups in total. The Labute approximate surface area is 282 Å². The van der Waals surface area contributed by atoms with E-state index in [1.807, 2.05) is 0 Å². The molecule has 2 rings (SSSR count). The molecule has 280 valence electrons. The van der Waals surface area contributed by atoms with Gasteiger partial charge in [-0.25, -0.2) is 19.4 Å². The molecule has 0 spiro atoms. The van der Waals surface area contributed by atoms with Crippen LogP contribution in [0.3, 0.4) is 0 Å². The molecule has 1 atom stereocenters. The number of nitrogen functional groups attached to an aromatic ring is 1. The molecule has 1 amide bonds. The number of carbonyl (C=O) groups is 6. The van der Waals surface area contributed by atoms with Gasteiger partial charge in [0.15, 0.2) is 5.96 Å². The van der Waals surface area contributed by atoms with Gasteiger partial charge >= 0.3 is 36.2 Å². The monoisotopic (exact) mass is 740 g/mol. The highest BCUT2D eigenvalue weighted by Crippen LogP contribution is 2.22. The van der Waals surface area contributed by atoms with E-state index in [9.17, 15) is 45.5 Å². The second-order valence-corrected chi connectivity index (χ2v) is 9.60. The number of benzene rings is 2. The first-order chi connectivity index (χ1) is 23.3. The Bertz CT molecular complexity index is 1590. The number of halogens is 6. The summed E-state index contributed by atoms with van der Waals surface area (Å²) in [5.74, 6) is -10.0. The maximum absolute atomic E-state index is 12.8.